The van der Waals surface area contributed by atoms with Crippen LogP contribution in [0.5, 0.6) is 11.5 Å². The van der Waals surface area contributed by atoms with E-state index in [1.165, 1.54) is 0 Å². The maximum absolute atomic E-state index is 6.03. The van der Waals surface area contributed by atoms with Crippen molar-refractivity contribution in [2.45, 2.75) is 24.8 Å². The van der Waals surface area contributed by atoms with Gasteiger partial charge in [0.2, 0.25) is 0 Å². The van der Waals surface area contributed by atoms with Crippen molar-refractivity contribution in [3.63, 3.8) is 0 Å². The molecule has 2 atom stereocenters. The summed E-state index contributed by atoms with van der Waals surface area (Å²) in [7, 11) is 0. The van der Waals surface area contributed by atoms with Gasteiger partial charge in [-0.05, 0) is 35.0 Å². The van der Waals surface area contributed by atoms with Crippen molar-refractivity contribution >= 4 is 33.2 Å². The molecule has 19 heavy (non-hydrogen) atoms. The quantitative estimate of drug-likeness (QED) is 0.771. The van der Waals surface area contributed by atoms with E-state index < -0.39 is 0 Å². The highest BCUT2D eigenvalue weighted by atomic mass is 79.9. The van der Waals surface area contributed by atoms with Crippen LogP contribution in [0.4, 0.5) is 0 Å². The van der Waals surface area contributed by atoms with Gasteiger partial charge >= 0.3 is 0 Å². The highest BCUT2D eigenvalue weighted by molar-refractivity contribution is 9.10. The molecule has 4 nitrogen and oxygen atoms in total. The second kappa shape index (κ2) is 5.21. The number of benzene rings is 1. The summed E-state index contributed by atoms with van der Waals surface area (Å²) in [6, 6.07) is 3.90. The summed E-state index contributed by atoms with van der Waals surface area (Å²) in [6.45, 7) is 3.04. The second-order valence-electron chi connectivity index (χ2n) is 4.55. The van der Waals surface area contributed by atoms with E-state index in [0.29, 0.717) is 19.6 Å². The van der Waals surface area contributed by atoms with Gasteiger partial charge in [-0.15, -0.1) is 11.6 Å². The standard InChI is InChI=1S/C13H13BrClNO3/c1-7(15)11-6-10(16-19-11)8-4-9(14)13-12(5-8)17-2-3-18-13/h4-5,7,11H,2-3,6H2,1H3. The summed E-state index contributed by atoms with van der Waals surface area (Å²) in [5, 5.41) is 4.05. The van der Waals surface area contributed by atoms with Crippen LogP contribution in [-0.2, 0) is 4.84 Å². The van der Waals surface area contributed by atoms with E-state index in [0.717, 1.165) is 27.2 Å². The van der Waals surface area contributed by atoms with Gasteiger partial charge in [-0.2, -0.15) is 0 Å². The summed E-state index contributed by atoms with van der Waals surface area (Å²) in [5.41, 5.74) is 1.85. The van der Waals surface area contributed by atoms with E-state index >= 15 is 0 Å². The Balaban J connectivity index is 1.88. The van der Waals surface area contributed by atoms with Gasteiger partial charge in [0, 0.05) is 12.0 Å². The highest BCUT2D eigenvalue weighted by Crippen LogP contribution is 2.39. The van der Waals surface area contributed by atoms with Crippen LogP contribution in [0.25, 0.3) is 0 Å². The number of ether oxygens (including phenoxy) is 2. The second-order valence-corrected chi connectivity index (χ2v) is 6.09. The number of nitrogens with zero attached hydrogens (tertiary/aromatic N) is 1. The lowest BCUT2D eigenvalue weighted by atomic mass is 10.0. The summed E-state index contributed by atoms with van der Waals surface area (Å²) >= 11 is 9.53. The van der Waals surface area contributed by atoms with Crippen molar-refractivity contribution in [1.29, 1.82) is 0 Å². The Bertz CT molecular complexity index is 533. The highest BCUT2D eigenvalue weighted by Gasteiger charge is 2.27. The molecule has 2 aliphatic heterocycles. The lowest BCUT2D eigenvalue weighted by Crippen LogP contribution is -2.19. The molecule has 3 rings (SSSR count). The maximum Gasteiger partial charge on any atom is 0.175 e. The van der Waals surface area contributed by atoms with Crippen molar-refractivity contribution in [2.24, 2.45) is 5.16 Å². The van der Waals surface area contributed by atoms with Crippen LogP contribution in [0.2, 0.25) is 0 Å². The zero-order valence-electron chi connectivity index (χ0n) is 10.4. The minimum absolute atomic E-state index is 0.0661. The third kappa shape index (κ3) is 2.54. The van der Waals surface area contributed by atoms with Gasteiger partial charge in [0.1, 0.15) is 19.3 Å². The molecule has 1 aromatic rings. The van der Waals surface area contributed by atoms with Crippen LogP contribution >= 0.6 is 27.5 Å². The summed E-state index contributed by atoms with van der Waals surface area (Å²) in [4.78, 5) is 5.33. The molecule has 0 amide bonds. The Morgan fingerprint density at radius 3 is 2.89 bits per heavy atom. The lowest BCUT2D eigenvalue weighted by molar-refractivity contribution is 0.0855. The van der Waals surface area contributed by atoms with E-state index in [4.69, 9.17) is 25.9 Å². The fourth-order valence-electron chi connectivity index (χ4n) is 2.09. The number of oxime groups is 1. The van der Waals surface area contributed by atoms with Crippen molar-refractivity contribution in [2.75, 3.05) is 13.2 Å². The van der Waals surface area contributed by atoms with Crippen molar-refractivity contribution in [1.82, 2.24) is 0 Å². The van der Waals surface area contributed by atoms with Crippen LogP contribution in [0.3, 0.4) is 0 Å². The SMILES string of the molecule is CC(Cl)C1CC(c2cc(Br)c3c(c2)OCCO3)=NO1. The lowest BCUT2D eigenvalue weighted by Gasteiger charge is -2.20. The average Bonchev–Trinajstić information content (AvgIpc) is 2.88. The monoisotopic (exact) mass is 345 g/mol. The van der Waals surface area contributed by atoms with Crippen LogP contribution in [0, 0.1) is 0 Å². The van der Waals surface area contributed by atoms with Gasteiger partial charge in [0.25, 0.3) is 0 Å². The Morgan fingerprint density at radius 2 is 2.16 bits per heavy atom. The Hall–Kier alpha value is -0.940. The van der Waals surface area contributed by atoms with E-state index in [2.05, 4.69) is 21.1 Å². The number of halogens is 2. The third-order valence-electron chi connectivity index (χ3n) is 3.14. The van der Waals surface area contributed by atoms with Crippen LogP contribution in [0.1, 0.15) is 18.9 Å². The molecule has 0 radical (unpaired) electrons. The molecule has 0 aromatic heterocycles. The number of fused-ring (bicyclic) bond motifs is 1. The smallest absolute Gasteiger partial charge is 0.175 e. The number of hydrogen-bond donors (Lipinski definition) is 0. The molecule has 0 saturated carbocycles. The van der Waals surface area contributed by atoms with Crippen LogP contribution < -0.4 is 9.47 Å². The molecule has 0 spiro atoms. The van der Waals surface area contributed by atoms with Crippen molar-refractivity contribution < 1.29 is 14.3 Å². The van der Waals surface area contributed by atoms with Gasteiger partial charge in [-0.25, -0.2) is 0 Å². The molecule has 6 heteroatoms. The predicted octanol–water partition coefficient (Wildman–Crippen LogP) is 3.34. The zero-order chi connectivity index (χ0) is 13.4. The van der Waals surface area contributed by atoms with Gasteiger partial charge in [0.05, 0.1) is 15.6 Å². The summed E-state index contributed by atoms with van der Waals surface area (Å²) in [6.07, 6.45) is 0.639. The molecule has 102 valence electrons. The van der Waals surface area contributed by atoms with Crippen molar-refractivity contribution in [3.8, 4) is 11.5 Å². The number of alkyl halides is 1. The van der Waals surface area contributed by atoms with Crippen molar-refractivity contribution in [3.05, 3.63) is 22.2 Å². The van der Waals surface area contributed by atoms with E-state index in [9.17, 15) is 0 Å². The fraction of sp³-hybridized carbons (Fsp3) is 0.462. The fourth-order valence-corrected chi connectivity index (χ4v) is 2.78. The normalized spacial score (nSPS) is 22.7. The Morgan fingerprint density at radius 1 is 1.37 bits per heavy atom. The van der Waals surface area contributed by atoms with Gasteiger partial charge in [0.15, 0.2) is 11.5 Å². The molecule has 2 heterocycles. The zero-order valence-corrected chi connectivity index (χ0v) is 12.7. The minimum atomic E-state index is -0.0677. The first-order valence-electron chi connectivity index (χ1n) is 6.11. The molecule has 0 fully saturated rings. The third-order valence-corrected chi connectivity index (χ3v) is 4.01. The minimum Gasteiger partial charge on any atom is -0.486 e. The van der Waals surface area contributed by atoms with E-state index in [-0.39, 0.29) is 11.5 Å². The summed E-state index contributed by atoms with van der Waals surface area (Å²) in [5.74, 6) is 1.48. The first-order chi connectivity index (χ1) is 9.15. The number of hydrogen-bond acceptors (Lipinski definition) is 4. The summed E-state index contributed by atoms with van der Waals surface area (Å²) < 4.78 is 12.0. The molecule has 2 unspecified atom stereocenters. The Labute approximate surface area is 124 Å². The first kappa shape index (κ1) is 13.1. The molecule has 0 aliphatic carbocycles. The molecule has 0 saturated heterocycles. The Kier molecular flexibility index (Phi) is 3.58. The molecule has 1 aromatic carbocycles. The molecule has 0 N–H and O–H groups in total. The first-order valence-corrected chi connectivity index (χ1v) is 7.34. The van der Waals surface area contributed by atoms with E-state index in [1.54, 1.807) is 0 Å². The maximum atomic E-state index is 6.03. The molecule has 0 bridgehead atoms. The predicted molar refractivity (Wildman–Crippen MR) is 76.5 cm³/mol. The van der Waals surface area contributed by atoms with E-state index in [1.807, 2.05) is 19.1 Å². The topological polar surface area (TPSA) is 40.0 Å². The van der Waals surface area contributed by atoms with Gasteiger partial charge in [-0.1, -0.05) is 5.16 Å². The molecular weight excluding hydrogens is 334 g/mol. The molecular formula is C13H13BrClNO3. The average molecular weight is 347 g/mol. The van der Waals surface area contributed by atoms with Gasteiger partial charge < -0.3 is 14.3 Å². The number of rotatable bonds is 2. The van der Waals surface area contributed by atoms with Crippen LogP contribution in [-0.4, -0.2) is 30.4 Å². The van der Waals surface area contributed by atoms with Gasteiger partial charge in [-0.3, -0.25) is 0 Å². The van der Waals surface area contributed by atoms with Crippen LogP contribution in [0.15, 0.2) is 21.8 Å². The largest absolute Gasteiger partial charge is 0.486 e. The molecule has 2 aliphatic rings.